The molecule has 0 spiro atoms. The lowest BCUT2D eigenvalue weighted by molar-refractivity contribution is -0.130. The van der Waals surface area contributed by atoms with Gasteiger partial charge in [0, 0.05) is 26.2 Å². The molecule has 0 fully saturated rings. The SMILES string of the molecule is CCC(N)C(N(C)CC(=O)N(C)C)C(C)(C)C. The molecule has 0 aliphatic carbocycles. The fourth-order valence-electron chi connectivity index (χ4n) is 2.31. The largest absolute Gasteiger partial charge is 0.348 e. The number of nitrogens with zero attached hydrogens (tertiary/aromatic N) is 2. The molecule has 0 saturated heterocycles. The van der Waals surface area contributed by atoms with Crippen molar-refractivity contribution in [1.82, 2.24) is 9.80 Å². The van der Waals surface area contributed by atoms with Crippen molar-refractivity contribution in [2.75, 3.05) is 27.7 Å². The number of amides is 1. The zero-order valence-corrected chi connectivity index (χ0v) is 12.4. The van der Waals surface area contributed by atoms with Gasteiger partial charge < -0.3 is 10.6 Å². The highest BCUT2D eigenvalue weighted by Crippen LogP contribution is 2.26. The Kier molecular flexibility index (Phi) is 6.13. The summed E-state index contributed by atoms with van der Waals surface area (Å²) in [5.74, 6) is 0.116. The van der Waals surface area contributed by atoms with Crippen LogP contribution in [0.4, 0.5) is 0 Å². The van der Waals surface area contributed by atoms with E-state index in [4.69, 9.17) is 5.73 Å². The number of carbonyl (C=O) groups is 1. The van der Waals surface area contributed by atoms with Gasteiger partial charge in [-0.15, -0.1) is 0 Å². The first-order valence-corrected chi connectivity index (χ1v) is 6.27. The first-order valence-electron chi connectivity index (χ1n) is 6.27. The molecule has 0 aromatic rings. The van der Waals surface area contributed by atoms with E-state index in [9.17, 15) is 4.79 Å². The second-order valence-corrected chi connectivity index (χ2v) is 6.09. The van der Waals surface area contributed by atoms with E-state index >= 15 is 0 Å². The third kappa shape index (κ3) is 5.04. The predicted molar refractivity (Wildman–Crippen MR) is 72.8 cm³/mol. The zero-order chi connectivity index (χ0) is 13.8. The summed E-state index contributed by atoms with van der Waals surface area (Å²) in [6.07, 6.45) is 0.919. The third-order valence-electron chi connectivity index (χ3n) is 3.12. The Morgan fingerprint density at radius 1 is 1.24 bits per heavy atom. The molecule has 2 N–H and O–H groups in total. The average Bonchev–Trinajstić information content (AvgIpc) is 2.14. The number of nitrogens with two attached hydrogens (primary N) is 1. The van der Waals surface area contributed by atoms with Crippen molar-refractivity contribution < 1.29 is 4.79 Å². The van der Waals surface area contributed by atoms with Crippen LogP contribution in [-0.4, -0.2) is 55.5 Å². The van der Waals surface area contributed by atoms with Gasteiger partial charge in [0.2, 0.25) is 5.91 Å². The molecule has 4 nitrogen and oxygen atoms in total. The van der Waals surface area contributed by atoms with Crippen LogP contribution < -0.4 is 5.73 Å². The molecule has 0 bridgehead atoms. The van der Waals surface area contributed by atoms with Crippen LogP contribution in [-0.2, 0) is 4.79 Å². The van der Waals surface area contributed by atoms with E-state index in [0.29, 0.717) is 6.54 Å². The van der Waals surface area contributed by atoms with E-state index in [1.807, 2.05) is 7.05 Å². The maximum Gasteiger partial charge on any atom is 0.236 e. The molecule has 2 atom stereocenters. The molecule has 0 aromatic heterocycles. The van der Waals surface area contributed by atoms with Gasteiger partial charge in [-0.05, 0) is 18.9 Å². The highest BCUT2D eigenvalue weighted by atomic mass is 16.2. The molecular formula is C13H29N3O. The van der Waals surface area contributed by atoms with E-state index in [-0.39, 0.29) is 23.4 Å². The topological polar surface area (TPSA) is 49.6 Å². The molecule has 0 aliphatic heterocycles. The van der Waals surface area contributed by atoms with Gasteiger partial charge in [0.1, 0.15) is 0 Å². The van der Waals surface area contributed by atoms with Crippen LogP contribution >= 0.6 is 0 Å². The second-order valence-electron chi connectivity index (χ2n) is 6.09. The van der Waals surface area contributed by atoms with Crippen molar-refractivity contribution in [2.45, 2.75) is 46.2 Å². The molecule has 2 unspecified atom stereocenters. The van der Waals surface area contributed by atoms with Gasteiger partial charge in [0.25, 0.3) is 0 Å². The molecule has 0 aromatic carbocycles. The summed E-state index contributed by atoms with van der Waals surface area (Å²) in [6.45, 7) is 9.02. The van der Waals surface area contributed by atoms with Crippen LogP contribution in [0, 0.1) is 5.41 Å². The average molecular weight is 243 g/mol. The van der Waals surface area contributed by atoms with Crippen LogP contribution in [0.1, 0.15) is 34.1 Å². The number of carbonyl (C=O) groups excluding carboxylic acids is 1. The van der Waals surface area contributed by atoms with Crippen LogP contribution in [0.2, 0.25) is 0 Å². The van der Waals surface area contributed by atoms with Crippen molar-refractivity contribution in [2.24, 2.45) is 11.1 Å². The number of rotatable bonds is 5. The lowest BCUT2D eigenvalue weighted by Gasteiger charge is -2.41. The summed E-state index contributed by atoms with van der Waals surface area (Å²) in [5, 5.41) is 0. The minimum Gasteiger partial charge on any atom is -0.348 e. The van der Waals surface area contributed by atoms with Crippen molar-refractivity contribution >= 4 is 5.91 Å². The molecule has 17 heavy (non-hydrogen) atoms. The van der Waals surface area contributed by atoms with Gasteiger partial charge in [-0.1, -0.05) is 27.7 Å². The molecule has 102 valence electrons. The highest BCUT2D eigenvalue weighted by Gasteiger charge is 2.33. The highest BCUT2D eigenvalue weighted by molar-refractivity contribution is 5.77. The quantitative estimate of drug-likeness (QED) is 0.788. The smallest absolute Gasteiger partial charge is 0.236 e. The minimum absolute atomic E-state index is 0.0662. The van der Waals surface area contributed by atoms with Crippen molar-refractivity contribution in [3.8, 4) is 0 Å². The maximum absolute atomic E-state index is 11.7. The van der Waals surface area contributed by atoms with E-state index in [1.165, 1.54) is 0 Å². The minimum atomic E-state index is 0.0662. The molecular weight excluding hydrogens is 214 g/mol. The Bertz CT molecular complexity index is 246. The molecule has 1 amide bonds. The monoisotopic (exact) mass is 243 g/mol. The molecule has 0 heterocycles. The number of likely N-dealkylation sites (N-methyl/N-ethyl adjacent to an activating group) is 2. The van der Waals surface area contributed by atoms with Crippen molar-refractivity contribution in [3.05, 3.63) is 0 Å². The predicted octanol–water partition coefficient (Wildman–Crippen LogP) is 1.16. The fourth-order valence-corrected chi connectivity index (χ4v) is 2.31. The number of hydrogen-bond donors (Lipinski definition) is 1. The standard InChI is InChI=1S/C13H29N3O/c1-8-10(14)12(13(2,3)4)16(7)9-11(17)15(5)6/h10,12H,8-9,14H2,1-7H3. The summed E-state index contributed by atoms with van der Waals surface area (Å²) in [6, 6.07) is 0.298. The first kappa shape index (κ1) is 16.4. The van der Waals surface area contributed by atoms with Gasteiger partial charge in [-0.25, -0.2) is 0 Å². The van der Waals surface area contributed by atoms with Crippen molar-refractivity contribution in [1.29, 1.82) is 0 Å². The van der Waals surface area contributed by atoms with Crippen molar-refractivity contribution in [3.63, 3.8) is 0 Å². The molecule has 0 rings (SSSR count). The normalized spacial score (nSPS) is 15.8. The summed E-state index contributed by atoms with van der Waals surface area (Å²) in [7, 11) is 5.54. The van der Waals surface area contributed by atoms with E-state index in [2.05, 4.69) is 32.6 Å². The van der Waals surface area contributed by atoms with Crippen LogP contribution in [0.15, 0.2) is 0 Å². The Balaban J connectivity index is 4.77. The maximum atomic E-state index is 11.7. The lowest BCUT2D eigenvalue weighted by Crippen LogP contribution is -2.55. The van der Waals surface area contributed by atoms with Gasteiger partial charge in [-0.2, -0.15) is 0 Å². The Morgan fingerprint density at radius 3 is 2.00 bits per heavy atom. The Hall–Kier alpha value is -0.610. The second kappa shape index (κ2) is 6.36. The molecule has 0 saturated carbocycles. The molecule has 0 aliphatic rings. The van der Waals surface area contributed by atoms with E-state index < -0.39 is 0 Å². The number of hydrogen-bond acceptors (Lipinski definition) is 3. The molecule has 4 heteroatoms. The van der Waals surface area contributed by atoms with Gasteiger partial charge in [0.05, 0.1) is 6.54 Å². The van der Waals surface area contributed by atoms with Crippen LogP contribution in [0.25, 0.3) is 0 Å². The fraction of sp³-hybridized carbons (Fsp3) is 0.923. The van der Waals surface area contributed by atoms with Gasteiger partial charge in [0.15, 0.2) is 0 Å². The first-order chi connectivity index (χ1) is 7.61. The summed E-state index contributed by atoms with van der Waals surface area (Å²) in [5.41, 5.74) is 6.26. The van der Waals surface area contributed by atoms with E-state index in [0.717, 1.165) is 6.42 Å². The summed E-state index contributed by atoms with van der Waals surface area (Å²) >= 11 is 0. The summed E-state index contributed by atoms with van der Waals surface area (Å²) in [4.78, 5) is 15.4. The van der Waals surface area contributed by atoms with E-state index in [1.54, 1.807) is 19.0 Å². The van der Waals surface area contributed by atoms with Gasteiger partial charge in [-0.3, -0.25) is 9.69 Å². The lowest BCUT2D eigenvalue weighted by atomic mass is 9.80. The Labute approximate surface area is 106 Å². The molecule has 0 radical (unpaired) electrons. The summed E-state index contributed by atoms with van der Waals surface area (Å²) < 4.78 is 0. The Morgan fingerprint density at radius 2 is 1.71 bits per heavy atom. The zero-order valence-electron chi connectivity index (χ0n) is 12.4. The third-order valence-corrected chi connectivity index (χ3v) is 3.12. The van der Waals surface area contributed by atoms with Crippen LogP contribution in [0.5, 0.6) is 0 Å². The van der Waals surface area contributed by atoms with Gasteiger partial charge >= 0.3 is 0 Å². The van der Waals surface area contributed by atoms with Crippen LogP contribution in [0.3, 0.4) is 0 Å².